The lowest BCUT2D eigenvalue weighted by molar-refractivity contribution is 0.0646. The number of benzene rings is 1. The van der Waals surface area contributed by atoms with Crippen LogP contribution < -0.4 is 4.72 Å². The van der Waals surface area contributed by atoms with E-state index in [9.17, 15) is 13.2 Å². The third-order valence-electron chi connectivity index (χ3n) is 4.76. The van der Waals surface area contributed by atoms with Gasteiger partial charge < -0.3 is 9.32 Å². The van der Waals surface area contributed by atoms with Gasteiger partial charge in [-0.15, -0.1) is 11.3 Å². The van der Waals surface area contributed by atoms with Crippen LogP contribution in [0.2, 0.25) is 0 Å². The molecule has 0 bridgehead atoms. The highest BCUT2D eigenvalue weighted by Gasteiger charge is 2.27. The molecule has 2 aromatic heterocycles. The Hall–Kier alpha value is -2.16. The highest BCUT2D eigenvalue weighted by molar-refractivity contribution is 7.91. The maximum absolute atomic E-state index is 12.8. The second kappa shape index (κ2) is 7.46. The summed E-state index contributed by atoms with van der Waals surface area (Å²) in [5, 5.41) is 2.64. The van der Waals surface area contributed by atoms with E-state index in [4.69, 9.17) is 4.42 Å². The molecule has 0 unspecified atom stereocenters. The SMILES string of the molecule is O=C(c1cc2ccccc2o1)N1CCC[C@H](CNS(=O)(=O)c2cccs2)C1. The molecule has 0 aliphatic carbocycles. The second-order valence-corrected chi connectivity index (χ2v) is 9.63. The minimum Gasteiger partial charge on any atom is -0.451 e. The predicted octanol–water partition coefficient (Wildman–Crippen LogP) is 3.33. The largest absolute Gasteiger partial charge is 0.451 e. The van der Waals surface area contributed by atoms with Crippen molar-refractivity contribution >= 4 is 38.2 Å². The molecule has 142 valence electrons. The van der Waals surface area contributed by atoms with Gasteiger partial charge in [0.15, 0.2) is 5.76 Å². The molecule has 1 saturated heterocycles. The number of furan rings is 1. The number of hydrogen-bond donors (Lipinski definition) is 1. The molecule has 4 rings (SSSR count). The first-order chi connectivity index (χ1) is 13.0. The van der Waals surface area contributed by atoms with E-state index < -0.39 is 10.0 Å². The molecule has 1 N–H and O–H groups in total. The first-order valence-corrected chi connectivity index (χ1v) is 11.2. The number of likely N-dealkylation sites (tertiary alicyclic amines) is 1. The molecular weight excluding hydrogens is 384 g/mol. The van der Waals surface area contributed by atoms with Crippen LogP contribution in [0.25, 0.3) is 11.0 Å². The summed E-state index contributed by atoms with van der Waals surface area (Å²) in [5.74, 6) is 0.273. The van der Waals surface area contributed by atoms with Gasteiger partial charge in [-0.1, -0.05) is 24.3 Å². The van der Waals surface area contributed by atoms with Gasteiger partial charge in [0.2, 0.25) is 10.0 Å². The number of rotatable bonds is 5. The highest BCUT2D eigenvalue weighted by atomic mass is 32.2. The van der Waals surface area contributed by atoms with Crippen molar-refractivity contribution < 1.29 is 17.6 Å². The zero-order valence-corrected chi connectivity index (χ0v) is 16.3. The summed E-state index contributed by atoms with van der Waals surface area (Å²) in [4.78, 5) is 14.6. The van der Waals surface area contributed by atoms with Crippen LogP contribution in [-0.2, 0) is 10.0 Å². The summed E-state index contributed by atoms with van der Waals surface area (Å²) in [6.07, 6.45) is 1.73. The zero-order valence-electron chi connectivity index (χ0n) is 14.6. The van der Waals surface area contributed by atoms with Crippen molar-refractivity contribution in [3.63, 3.8) is 0 Å². The van der Waals surface area contributed by atoms with Crippen LogP contribution >= 0.6 is 11.3 Å². The molecule has 1 aromatic carbocycles. The van der Waals surface area contributed by atoms with E-state index in [1.165, 1.54) is 11.3 Å². The average molecular weight is 405 g/mol. The van der Waals surface area contributed by atoms with Crippen molar-refractivity contribution in [2.24, 2.45) is 5.92 Å². The fourth-order valence-corrected chi connectivity index (χ4v) is 5.53. The lowest BCUT2D eigenvalue weighted by Crippen LogP contribution is -2.43. The molecule has 0 radical (unpaired) electrons. The Kier molecular flexibility index (Phi) is 5.03. The molecule has 1 atom stereocenters. The molecule has 0 saturated carbocycles. The van der Waals surface area contributed by atoms with Crippen LogP contribution in [0.15, 0.2) is 56.5 Å². The molecular formula is C19H20N2O4S2. The normalized spacial score (nSPS) is 18.1. The van der Waals surface area contributed by atoms with E-state index in [2.05, 4.69) is 4.72 Å². The van der Waals surface area contributed by atoms with Crippen LogP contribution in [0.3, 0.4) is 0 Å². The van der Waals surface area contributed by atoms with E-state index in [-0.39, 0.29) is 11.8 Å². The number of hydrogen-bond acceptors (Lipinski definition) is 5. The Morgan fingerprint density at radius 1 is 1.26 bits per heavy atom. The van der Waals surface area contributed by atoms with E-state index in [1.54, 1.807) is 28.5 Å². The van der Waals surface area contributed by atoms with Crippen LogP contribution in [0, 0.1) is 5.92 Å². The number of nitrogens with one attached hydrogen (secondary N) is 1. The highest BCUT2D eigenvalue weighted by Crippen LogP contribution is 2.23. The van der Waals surface area contributed by atoms with E-state index in [0.29, 0.717) is 35.2 Å². The minimum absolute atomic E-state index is 0.0850. The van der Waals surface area contributed by atoms with E-state index in [0.717, 1.165) is 18.2 Å². The molecule has 1 aliphatic heterocycles. The topological polar surface area (TPSA) is 79.6 Å². The molecule has 3 aromatic rings. The summed E-state index contributed by atoms with van der Waals surface area (Å²) in [6, 6.07) is 12.6. The molecule has 1 amide bonds. The summed E-state index contributed by atoms with van der Waals surface area (Å²) in [7, 11) is -3.48. The number of carbonyl (C=O) groups is 1. The number of piperidine rings is 1. The number of para-hydroxylation sites is 1. The van der Waals surface area contributed by atoms with Gasteiger partial charge in [0, 0.05) is 25.0 Å². The first kappa shape index (κ1) is 18.2. The zero-order chi connectivity index (χ0) is 18.9. The van der Waals surface area contributed by atoms with Gasteiger partial charge in [0.05, 0.1) is 0 Å². The molecule has 6 nitrogen and oxygen atoms in total. The van der Waals surface area contributed by atoms with Crippen molar-refractivity contribution in [2.75, 3.05) is 19.6 Å². The van der Waals surface area contributed by atoms with Crippen molar-refractivity contribution in [3.8, 4) is 0 Å². The van der Waals surface area contributed by atoms with Crippen molar-refractivity contribution in [1.82, 2.24) is 9.62 Å². The second-order valence-electron chi connectivity index (χ2n) is 6.69. The average Bonchev–Trinajstić information content (AvgIpc) is 3.36. The van der Waals surface area contributed by atoms with Gasteiger partial charge in [-0.25, -0.2) is 13.1 Å². The Labute approximate surface area is 161 Å². The molecule has 1 aliphatic rings. The number of amides is 1. The molecule has 0 spiro atoms. The van der Waals surface area contributed by atoms with E-state index in [1.807, 2.05) is 24.3 Å². The summed E-state index contributed by atoms with van der Waals surface area (Å²) in [6.45, 7) is 1.50. The number of fused-ring (bicyclic) bond motifs is 1. The van der Waals surface area contributed by atoms with E-state index >= 15 is 0 Å². The predicted molar refractivity (Wildman–Crippen MR) is 104 cm³/mol. The Bertz CT molecular complexity index is 1010. The molecule has 1 fully saturated rings. The van der Waals surface area contributed by atoms with Crippen LogP contribution in [0.4, 0.5) is 0 Å². The summed E-state index contributed by atoms with van der Waals surface area (Å²) in [5.41, 5.74) is 0.693. The smallest absolute Gasteiger partial charge is 0.289 e. The minimum atomic E-state index is -3.48. The molecule has 8 heteroatoms. The number of nitrogens with zero attached hydrogens (tertiary/aromatic N) is 1. The fraction of sp³-hybridized carbons (Fsp3) is 0.316. The molecule has 27 heavy (non-hydrogen) atoms. The van der Waals surface area contributed by atoms with Gasteiger partial charge in [0.25, 0.3) is 5.91 Å². The van der Waals surface area contributed by atoms with Gasteiger partial charge in [-0.05, 0) is 42.3 Å². The number of thiophene rings is 1. The summed E-state index contributed by atoms with van der Waals surface area (Å²) < 4.78 is 33.2. The quantitative estimate of drug-likeness (QED) is 0.707. The van der Waals surface area contributed by atoms with Crippen molar-refractivity contribution in [1.29, 1.82) is 0 Å². The Balaban J connectivity index is 1.41. The summed E-state index contributed by atoms with van der Waals surface area (Å²) >= 11 is 1.19. The lowest BCUT2D eigenvalue weighted by atomic mass is 9.98. The Morgan fingerprint density at radius 3 is 2.89 bits per heavy atom. The Morgan fingerprint density at radius 2 is 2.11 bits per heavy atom. The fourth-order valence-electron chi connectivity index (χ4n) is 3.37. The van der Waals surface area contributed by atoms with Gasteiger partial charge in [-0.3, -0.25) is 4.79 Å². The van der Waals surface area contributed by atoms with Crippen LogP contribution in [0.1, 0.15) is 23.4 Å². The third-order valence-corrected chi connectivity index (χ3v) is 7.59. The maximum Gasteiger partial charge on any atom is 0.289 e. The van der Waals surface area contributed by atoms with Gasteiger partial charge in [-0.2, -0.15) is 0 Å². The van der Waals surface area contributed by atoms with Crippen molar-refractivity contribution in [3.05, 3.63) is 53.6 Å². The monoisotopic (exact) mass is 404 g/mol. The standard InChI is InChI=1S/C19H20N2O4S2/c22-19(17-11-15-6-1-2-7-16(15)25-17)21-9-3-5-14(13-21)12-20-27(23,24)18-8-4-10-26-18/h1-2,4,6-8,10-11,14,20H,3,5,9,12-13H2/t14-/m1/s1. The van der Waals surface area contributed by atoms with Gasteiger partial charge in [0.1, 0.15) is 9.79 Å². The van der Waals surface area contributed by atoms with Crippen LogP contribution in [0.5, 0.6) is 0 Å². The molecule has 3 heterocycles. The first-order valence-electron chi connectivity index (χ1n) is 8.84. The number of sulfonamides is 1. The van der Waals surface area contributed by atoms with Crippen LogP contribution in [-0.4, -0.2) is 38.9 Å². The maximum atomic E-state index is 12.8. The number of carbonyl (C=O) groups excluding carboxylic acids is 1. The third kappa shape index (κ3) is 3.92. The lowest BCUT2D eigenvalue weighted by Gasteiger charge is -2.32. The van der Waals surface area contributed by atoms with Gasteiger partial charge >= 0.3 is 0 Å². The van der Waals surface area contributed by atoms with Crippen molar-refractivity contribution in [2.45, 2.75) is 17.1 Å².